The minimum absolute atomic E-state index is 0.179. The average molecular weight is 469 g/mol. The van der Waals surface area contributed by atoms with Crippen LogP contribution in [0.3, 0.4) is 0 Å². The fourth-order valence-corrected chi connectivity index (χ4v) is 3.17. The van der Waals surface area contributed by atoms with Crippen molar-refractivity contribution in [1.82, 2.24) is 16.0 Å². The van der Waals surface area contributed by atoms with E-state index in [1.54, 1.807) is 6.26 Å². The van der Waals surface area contributed by atoms with Gasteiger partial charge in [-0.25, -0.2) is 4.79 Å². The van der Waals surface area contributed by atoms with Gasteiger partial charge in [0.2, 0.25) is 17.7 Å². The van der Waals surface area contributed by atoms with Gasteiger partial charge in [-0.3, -0.25) is 14.4 Å². The van der Waals surface area contributed by atoms with E-state index in [4.69, 9.17) is 5.73 Å². The average Bonchev–Trinajstić information content (AvgIpc) is 2.70. The molecule has 5 unspecified atom stereocenters. The number of aliphatic hydroxyl groups excluding tert-OH is 2. The summed E-state index contributed by atoms with van der Waals surface area (Å²) in [5.41, 5.74) is 5.58. The number of aliphatic hydroxyl groups is 2. The van der Waals surface area contributed by atoms with Crippen LogP contribution < -0.4 is 21.7 Å². The molecule has 0 aromatic rings. The van der Waals surface area contributed by atoms with Crippen molar-refractivity contribution in [2.45, 2.75) is 50.0 Å². The summed E-state index contributed by atoms with van der Waals surface area (Å²) in [5.74, 6) is -2.54. The number of carboxylic acids is 1. The number of hydrogen-bond acceptors (Lipinski definition) is 9. The minimum atomic E-state index is -1.40. The molecule has 0 rings (SSSR count). The number of rotatable bonds is 15. The molecule has 174 valence electrons. The summed E-state index contributed by atoms with van der Waals surface area (Å²) in [6.07, 6.45) is 2.88. The van der Waals surface area contributed by atoms with E-state index in [0.29, 0.717) is 11.5 Å². The van der Waals surface area contributed by atoms with E-state index in [9.17, 15) is 34.5 Å². The van der Waals surface area contributed by atoms with Crippen LogP contribution >= 0.6 is 23.5 Å². The van der Waals surface area contributed by atoms with Gasteiger partial charge in [-0.05, 0) is 43.8 Å². The van der Waals surface area contributed by atoms with Crippen molar-refractivity contribution in [2.24, 2.45) is 5.73 Å². The summed E-state index contributed by atoms with van der Waals surface area (Å²) in [6, 6.07) is -4.85. The maximum atomic E-state index is 12.6. The molecule has 30 heavy (non-hydrogen) atoms. The number of nitrogens with two attached hydrogens (primary N) is 1. The first-order valence-corrected chi connectivity index (χ1v) is 12.0. The molecule has 13 heteroatoms. The van der Waals surface area contributed by atoms with Gasteiger partial charge in [-0.2, -0.15) is 23.5 Å². The molecule has 0 heterocycles. The molecule has 0 radical (unpaired) electrons. The molecule has 0 aromatic heterocycles. The quantitative estimate of drug-likeness (QED) is 0.138. The van der Waals surface area contributed by atoms with Crippen LogP contribution in [0.4, 0.5) is 0 Å². The van der Waals surface area contributed by atoms with Crippen LogP contribution in [0.15, 0.2) is 0 Å². The second-order valence-electron chi connectivity index (χ2n) is 6.53. The molecule has 0 aliphatic heterocycles. The summed E-state index contributed by atoms with van der Waals surface area (Å²) in [5, 5.41) is 35.2. The number of carboxylic acid groups (broad SMARTS) is 1. The fourth-order valence-electron chi connectivity index (χ4n) is 2.22. The molecule has 0 bridgehead atoms. The molecule has 0 spiro atoms. The number of amides is 3. The summed E-state index contributed by atoms with van der Waals surface area (Å²) >= 11 is 2.85. The zero-order chi connectivity index (χ0) is 23.3. The van der Waals surface area contributed by atoms with Crippen LogP contribution in [0.25, 0.3) is 0 Å². The molecule has 0 aromatic carbocycles. The van der Waals surface area contributed by atoms with E-state index >= 15 is 0 Å². The van der Waals surface area contributed by atoms with Gasteiger partial charge >= 0.3 is 5.97 Å². The Balaban J connectivity index is 5.15. The maximum Gasteiger partial charge on any atom is 0.326 e. The highest BCUT2D eigenvalue weighted by atomic mass is 32.2. The molecule has 11 nitrogen and oxygen atoms in total. The van der Waals surface area contributed by atoms with Crippen LogP contribution in [-0.2, 0) is 19.2 Å². The number of carbonyl (C=O) groups is 4. The van der Waals surface area contributed by atoms with E-state index in [2.05, 4.69) is 16.0 Å². The van der Waals surface area contributed by atoms with Crippen LogP contribution in [0.5, 0.6) is 0 Å². The van der Waals surface area contributed by atoms with Crippen molar-refractivity contribution < 1.29 is 34.5 Å². The monoisotopic (exact) mass is 468 g/mol. The minimum Gasteiger partial charge on any atom is -0.480 e. The molecule has 8 N–H and O–H groups in total. The van der Waals surface area contributed by atoms with E-state index in [1.165, 1.54) is 30.4 Å². The van der Waals surface area contributed by atoms with Gasteiger partial charge in [-0.1, -0.05) is 0 Å². The maximum absolute atomic E-state index is 12.6. The fraction of sp³-hybridized carbons (Fsp3) is 0.765. The highest BCUT2D eigenvalue weighted by Gasteiger charge is 2.30. The van der Waals surface area contributed by atoms with Crippen LogP contribution in [0.2, 0.25) is 0 Å². The molecule has 0 aliphatic carbocycles. The van der Waals surface area contributed by atoms with Crippen LogP contribution in [0, 0.1) is 0 Å². The number of carbonyl (C=O) groups excluding carboxylic acids is 3. The van der Waals surface area contributed by atoms with Crippen molar-refractivity contribution in [3.8, 4) is 0 Å². The Kier molecular flexibility index (Phi) is 14.5. The van der Waals surface area contributed by atoms with Crippen molar-refractivity contribution in [3.63, 3.8) is 0 Å². The largest absolute Gasteiger partial charge is 0.480 e. The highest BCUT2D eigenvalue weighted by Crippen LogP contribution is 2.04. The Labute approximate surface area is 184 Å². The topological polar surface area (TPSA) is 191 Å². The summed E-state index contributed by atoms with van der Waals surface area (Å²) in [4.78, 5) is 48.3. The van der Waals surface area contributed by atoms with E-state index in [0.717, 1.165) is 0 Å². The lowest BCUT2D eigenvalue weighted by Crippen LogP contribution is -2.59. The molecular formula is C17H32N4O7S2. The van der Waals surface area contributed by atoms with Gasteiger partial charge in [0, 0.05) is 0 Å². The molecule has 0 saturated heterocycles. The van der Waals surface area contributed by atoms with Gasteiger partial charge in [0.25, 0.3) is 0 Å². The third-order valence-corrected chi connectivity index (χ3v) is 5.39. The van der Waals surface area contributed by atoms with E-state index in [-0.39, 0.29) is 12.8 Å². The van der Waals surface area contributed by atoms with Gasteiger partial charge < -0.3 is 37.0 Å². The van der Waals surface area contributed by atoms with Gasteiger partial charge in [0.1, 0.15) is 24.2 Å². The number of hydrogen-bond donors (Lipinski definition) is 7. The van der Waals surface area contributed by atoms with Crippen molar-refractivity contribution >= 4 is 47.2 Å². The summed E-state index contributed by atoms with van der Waals surface area (Å²) < 4.78 is 0. The Hall–Kier alpha value is -1.54. The van der Waals surface area contributed by atoms with Crippen molar-refractivity contribution in [2.75, 3.05) is 30.6 Å². The Morgan fingerprint density at radius 2 is 1.30 bits per heavy atom. The van der Waals surface area contributed by atoms with Gasteiger partial charge in [0.15, 0.2) is 0 Å². The molecule has 0 saturated carbocycles. The van der Waals surface area contributed by atoms with Crippen molar-refractivity contribution in [3.05, 3.63) is 0 Å². The predicted molar refractivity (Wildman–Crippen MR) is 116 cm³/mol. The van der Waals surface area contributed by atoms with Gasteiger partial charge in [-0.15, -0.1) is 0 Å². The Morgan fingerprint density at radius 1 is 0.867 bits per heavy atom. The predicted octanol–water partition coefficient (Wildman–Crippen LogP) is -2.27. The third-order valence-electron chi connectivity index (χ3n) is 4.11. The lowest BCUT2D eigenvalue weighted by Gasteiger charge is -2.24. The van der Waals surface area contributed by atoms with Crippen molar-refractivity contribution in [1.29, 1.82) is 0 Å². The normalized spacial score (nSPS) is 15.9. The zero-order valence-electron chi connectivity index (χ0n) is 17.3. The Morgan fingerprint density at radius 3 is 1.73 bits per heavy atom. The smallest absolute Gasteiger partial charge is 0.326 e. The Bertz CT molecular complexity index is 580. The molecule has 0 fully saturated rings. The zero-order valence-corrected chi connectivity index (χ0v) is 18.9. The molecular weight excluding hydrogens is 436 g/mol. The molecule has 5 atom stereocenters. The third kappa shape index (κ3) is 10.5. The SMILES string of the molecule is CSCCC(NC(=O)C(CO)NC(=O)C(CCSC)NC(=O)C(N)C(C)O)C(=O)O. The second-order valence-corrected chi connectivity index (χ2v) is 8.50. The number of thioether (sulfide) groups is 2. The second kappa shape index (κ2) is 15.3. The standard InChI is InChI=1S/C17H32N4O7S2/c1-9(23)13(18)16(26)19-10(4-6-29-2)14(24)21-12(8-22)15(25)20-11(17(27)28)5-7-30-3/h9-13,22-23H,4-8,18H2,1-3H3,(H,19,26)(H,20,25)(H,21,24)(H,27,28). The first-order chi connectivity index (χ1) is 14.1. The number of aliphatic carboxylic acids is 1. The number of nitrogens with one attached hydrogen (secondary N) is 3. The molecule has 0 aliphatic rings. The first-order valence-electron chi connectivity index (χ1n) is 9.25. The van der Waals surface area contributed by atoms with E-state index < -0.39 is 60.6 Å². The molecule has 3 amide bonds. The summed E-state index contributed by atoms with van der Waals surface area (Å²) in [6.45, 7) is 0.575. The lowest BCUT2D eigenvalue weighted by molar-refractivity contribution is -0.142. The lowest BCUT2D eigenvalue weighted by atomic mass is 10.1. The summed E-state index contributed by atoms with van der Waals surface area (Å²) in [7, 11) is 0. The van der Waals surface area contributed by atoms with Crippen LogP contribution in [0.1, 0.15) is 19.8 Å². The van der Waals surface area contributed by atoms with E-state index in [1.807, 2.05) is 6.26 Å². The van der Waals surface area contributed by atoms with Crippen LogP contribution in [-0.4, -0.2) is 99.9 Å². The van der Waals surface area contributed by atoms with Gasteiger partial charge in [0.05, 0.1) is 12.7 Å². The first kappa shape index (κ1) is 28.5. The highest BCUT2D eigenvalue weighted by molar-refractivity contribution is 7.98.